The van der Waals surface area contributed by atoms with Crippen molar-refractivity contribution in [1.29, 1.82) is 0 Å². The molecule has 28 heavy (non-hydrogen) atoms. The first-order valence-corrected chi connectivity index (χ1v) is 9.99. The Morgan fingerprint density at radius 2 is 2.11 bits per heavy atom. The number of piperazine rings is 1. The zero-order valence-electron chi connectivity index (χ0n) is 16.5. The number of hydrogen-bond acceptors (Lipinski definition) is 5. The molecule has 1 N–H and O–H groups in total. The van der Waals surface area contributed by atoms with Gasteiger partial charge in [0.2, 0.25) is 0 Å². The molecule has 1 saturated heterocycles. The van der Waals surface area contributed by atoms with Gasteiger partial charge in [-0.1, -0.05) is 23.7 Å². The van der Waals surface area contributed by atoms with Gasteiger partial charge in [-0.05, 0) is 44.9 Å². The normalized spacial score (nSPS) is 26.1. The summed E-state index contributed by atoms with van der Waals surface area (Å²) in [6.45, 7) is 8.51. The van der Waals surface area contributed by atoms with Gasteiger partial charge in [-0.15, -0.1) is 24.0 Å². The summed E-state index contributed by atoms with van der Waals surface area (Å²) in [5, 5.41) is 4.39. The third kappa shape index (κ3) is 4.84. The highest BCUT2D eigenvalue weighted by molar-refractivity contribution is 14.0. The summed E-state index contributed by atoms with van der Waals surface area (Å²) in [4.78, 5) is 21.1. The number of rotatable bonds is 2. The Morgan fingerprint density at radius 1 is 1.32 bits per heavy atom. The van der Waals surface area contributed by atoms with Crippen molar-refractivity contribution < 1.29 is 9.53 Å². The number of halogens is 2. The van der Waals surface area contributed by atoms with Crippen LogP contribution < -0.4 is 5.32 Å². The number of guanidine groups is 1. The number of nitrogens with zero attached hydrogens (tertiary/aromatic N) is 3. The molecule has 1 aromatic rings. The Balaban J connectivity index is 0.00000225. The van der Waals surface area contributed by atoms with E-state index in [9.17, 15) is 4.79 Å². The number of nitrogens with one attached hydrogen (secondary N) is 1. The van der Waals surface area contributed by atoms with Crippen molar-refractivity contribution in [3.8, 4) is 0 Å². The lowest BCUT2D eigenvalue weighted by Crippen LogP contribution is -2.57. The number of benzene rings is 1. The summed E-state index contributed by atoms with van der Waals surface area (Å²) in [5.74, 6) is 1.46. The quantitative estimate of drug-likeness (QED) is 0.607. The first-order valence-electron chi connectivity index (χ1n) is 9.61. The third-order valence-electron chi connectivity index (χ3n) is 5.24. The van der Waals surface area contributed by atoms with E-state index in [1.807, 2.05) is 39.0 Å². The van der Waals surface area contributed by atoms with Crippen LogP contribution in [0.4, 0.5) is 4.79 Å². The second-order valence-electron chi connectivity index (χ2n) is 8.59. The first-order chi connectivity index (χ1) is 12.8. The molecule has 1 aromatic carbocycles. The molecule has 3 aliphatic rings. The standard InChI is InChI=1S/C20H27ClN4O2.HI/c1-20(2,3)27-19(26)24-7-8-25-15(12-24)11-22-18(25)23-17-10-16(17)13-5-4-6-14(21)9-13;/h4-6,9,15-17H,7-8,10-12H2,1-3H3,(H,22,23);1H. The zero-order chi connectivity index (χ0) is 19.2. The number of aliphatic imine (C=N–C) groups is 1. The van der Waals surface area contributed by atoms with Crippen molar-refractivity contribution in [3.05, 3.63) is 34.9 Å². The van der Waals surface area contributed by atoms with Crippen LogP contribution in [0.2, 0.25) is 5.02 Å². The minimum Gasteiger partial charge on any atom is -0.444 e. The number of carbonyl (C=O) groups is 1. The molecule has 6 nitrogen and oxygen atoms in total. The van der Waals surface area contributed by atoms with Gasteiger partial charge < -0.3 is 19.9 Å². The van der Waals surface area contributed by atoms with E-state index >= 15 is 0 Å². The molecule has 0 radical (unpaired) electrons. The Morgan fingerprint density at radius 3 is 2.82 bits per heavy atom. The summed E-state index contributed by atoms with van der Waals surface area (Å²) in [5.41, 5.74) is 0.818. The Labute approximate surface area is 188 Å². The Kier molecular flexibility index (Phi) is 6.34. The molecule has 8 heteroatoms. The van der Waals surface area contributed by atoms with Gasteiger partial charge in [-0.2, -0.15) is 0 Å². The van der Waals surface area contributed by atoms with Gasteiger partial charge >= 0.3 is 6.09 Å². The van der Waals surface area contributed by atoms with Crippen LogP contribution in [0.3, 0.4) is 0 Å². The van der Waals surface area contributed by atoms with Gasteiger partial charge in [0.25, 0.3) is 0 Å². The highest BCUT2D eigenvalue weighted by Gasteiger charge is 2.42. The topological polar surface area (TPSA) is 57.2 Å². The van der Waals surface area contributed by atoms with Crippen molar-refractivity contribution in [3.63, 3.8) is 0 Å². The summed E-state index contributed by atoms with van der Waals surface area (Å²) in [6.07, 6.45) is 0.869. The van der Waals surface area contributed by atoms with Gasteiger partial charge in [0.05, 0.1) is 12.6 Å². The average Bonchev–Trinajstić information content (AvgIpc) is 3.25. The lowest BCUT2D eigenvalue weighted by Gasteiger charge is -2.39. The van der Waals surface area contributed by atoms with E-state index in [1.165, 1.54) is 5.56 Å². The number of fused-ring (bicyclic) bond motifs is 1. The number of hydrogen-bond donors (Lipinski definition) is 1. The molecule has 1 aliphatic carbocycles. The van der Waals surface area contributed by atoms with Crippen molar-refractivity contribution in [2.24, 2.45) is 4.99 Å². The number of ether oxygens (including phenoxy) is 1. The summed E-state index contributed by atoms with van der Waals surface area (Å²) < 4.78 is 5.50. The predicted molar refractivity (Wildman–Crippen MR) is 122 cm³/mol. The first kappa shape index (κ1) is 21.5. The van der Waals surface area contributed by atoms with E-state index in [0.29, 0.717) is 25.0 Å². The summed E-state index contributed by atoms with van der Waals surface area (Å²) in [7, 11) is 0. The predicted octanol–water partition coefficient (Wildman–Crippen LogP) is 3.69. The molecule has 4 rings (SSSR count). The Hall–Kier alpha value is -1.22. The smallest absolute Gasteiger partial charge is 0.410 e. The molecule has 3 atom stereocenters. The highest BCUT2D eigenvalue weighted by atomic mass is 127. The van der Waals surface area contributed by atoms with Crippen LogP contribution in [-0.4, -0.2) is 65.7 Å². The van der Waals surface area contributed by atoms with E-state index in [2.05, 4.69) is 16.3 Å². The second kappa shape index (κ2) is 8.26. The highest BCUT2D eigenvalue weighted by Crippen LogP contribution is 2.41. The maximum absolute atomic E-state index is 12.3. The van der Waals surface area contributed by atoms with Gasteiger partial charge in [0.15, 0.2) is 5.96 Å². The largest absolute Gasteiger partial charge is 0.444 e. The van der Waals surface area contributed by atoms with Crippen LogP contribution in [0.5, 0.6) is 0 Å². The number of amides is 1. The summed E-state index contributed by atoms with van der Waals surface area (Å²) >= 11 is 6.11. The lowest BCUT2D eigenvalue weighted by molar-refractivity contribution is 0.0137. The molecule has 154 valence electrons. The van der Waals surface area contributed by atoms with E-state index in [-0.39, 0.29) is 36.1 Å². The van der Waals surface area contributed by atoms with Crippen molar-refractivity contribution >= 4 is 47.6 Å². The minimum atomic E-state index is -0.464. The molecule has 1 amide bonds. The maximum Gasteiger partial charge on any atom is 0.410 e. The van der Waals surface area contributed by atoms with Gasteiger partial charge in [-0.3, -0.25) is 4.99 Å². The molecule has 0 spiro atoms. The lowest BCUT2D eigenvalue weighted by atomic mass is 10.1. The van der Waals surface area contributed by atoms with Crippen molar-refractivity contribution in [2.45, 2.75) is 50.8 Å². The maximum atomic E-state index is 12.3. The molecule has 3 unspecified atom stereocenters. The second-order valence-corrected chi connectivity index (χ2v) is 9.02. The molecular formula is C20H28ClIN4O2. The van der Waals surface area contributed by atoms with Crippen LogP contribution in [0.1, 0.15) is 38.7 Å². The molecule has 2 aliphatic heterocycles. The summed E-state index contributed by atoms with van der Waals surface area (Å²) in [6, 6.07) is 8.74. The van der Waals surface area contributed by atoms with E-state index in [1.54, 1.807) is 4.90 Å². The molecule has 1 saturated carbocycles. The fraction of sp³-hybridized carbons (Fsp3) is 0.600. The van der Waals surface area contributed by atoms with Crippen LogP contribution in [-0.2, 0) is 4.74 Å². The van der Waals surface area contributed by atoms with Crippen LogP contribution in [0.25, 0.3) is 0 Å². The van der Waals surface area contributed by atoms with E-state index < -0.39 is 5.60 Å². The average molecular weight is 519 g/mol. The van der Waals surface area contributed by atoms with Gasteiger partial charge in [0.1, 0.15) is 5.60 Å². The Bertz CT molecular complexity index is 767. The molecule has 0 bridgehead atoms. The molecule has 2 heterocycles. The van der Waals surface area contributed by atoms with Crippen LogP contribution in [0, 0.1) is 0 Å². The minimum absolute atomic E-state index is 0. The van der Waals surface area contributed by atoms with Crippen LogP contribution in [0.15, 0.2) is 29.3 Å². The monoisotopic (exact) mass is 518 g/mol. The SMILES string of the molecule is CC(C)(C)OC(=O)N1CCN2C(NC3CC3c3cccc(Cl)c3)=NCC2C1.I. The molecule has 2 fully saturated rings. The fourth-order valence-corrected chi connectivity index (χ4v) is 4.02. The van der Waals surface area contributed by atoms with E-state index in [4.69, 9.17) is 21.3 Å². The number of carbonyl (C=O) groups excluding carboxylic acids is 1. The zero-order valence-corrected chi connectivity index (χ0v) is 19.6. The van der Waals surface area contributed by atoms with Crippen molar-refractivity contribution in [2.75, 3.05) is 26.2 Å². The van der Waals surface area contributed by atoms with Gasteiger partial charge in [0, 0.05) is 36.6 Å². The molecular weight excluding hydrogens is 491 g/mol. The van der Waals surface area contributed by atoms with Crippen LogP contribution >= 0.6 is 35.6 Å². The third-order valence-corrected chi connectivity index (χ3v) is 5.48. The fourth-order valence-electron chi connectivity index (χ4n) is 3.82. The van der Waals surface area contributed by atoms with Gasteiger partial charge in [-0.25, -0.2) is 4.79 Å². The van der Waals surface area contributed by atoms with Crippen molar-refractivity contribution in [1.82, 2.24) is 15.1 Å². The van der Waals surface area contributed by atoms with E-state index in [0.717, 1.165) is 30.5 Å². The molecule has 0 aromatic heterocycles.